The van der Waals surface area contributed by atoms with E-state index in [0.717, 1.165) is 6.54 Å². The Labute approximate surface area is 98.2 Å². The fourth-order valence-electron chi connectivity index (χ4n) is 0.999. The van der Waals surface area contributed by atoms with E-state index in [4.69, 9.17) is 0 Å². The zero-order valence-electron chi connectivity index (χ0n) is 10.2. The molecule has 3 heteroatoms. The van der Waals surface area contributed by atoms with Crippen molar-refractivity contribution in [3.8, 4) is 0 Å². The highest BCUT2D eigenvalue weighted by Crippen LogP contribution is 2.23. The molecule has 0 fully saturated rings. The van der Waals surface area contributed by atoms with Crippen LogP contribution < -0.4 is 5.32 Å². The average molecular weight is 235 g/mol. The highest BCUT2D eigenvalue weighted by molar-refractivity contribution is 8.00. The Kier molecular flexibility index (Phi) is 8.26. The molecule has 0 spiro atoms. The molecule has 14 heavy (non-hydrogen) atoms. The van der Waals surface area contributed by atoms with E-state index in [2.05, 4.69) is 39.3 Å². The third kappa shape index (κ3) is 10.7. The quantitative estimate of drug-likeness (QED) is 0.680. The van der Waals surface area contributed by atoms with Gasteiger partial charge in [-0.15, -0.1) is 0 Å². The van der Waals surface area contributed by atoms with Crippen LogP contribution in [-0.4, -0.2) is 35.1 Å². The molecular formula is C11H25NS2. The van der Waals surface area contributed by atoms with Gasteiger partial charge in [0.25, 0.3) is 0 Å². The number of hydrogen-bond donors (Lipinski definition) is 1. The van der Waals surface area contributed by atoms with Crippen LogP contribution in [0, 0.1) is 0 Å². The first-order valence-electron chi connectivity index (χ1n) is 5.32. The first kappa shape index (κ1) is 14.7. The molecule has 1 N–H and O–H groups in total. The molecule has 0 aromatic heterocycles. The Morgan fingerprint density at radius 2 is 1.93 bits per heavy atom. The maximum atomic E-state index is 3.56. The molecule has 0 aromatic carbocycles. The molecule has 1 nitrogen and oxygen atoms in total. The van der Waals surface area contributed by atoms with Crippen LogP contribution in [0.1, 0.15) is 34.1 Å². The minimum absolute atomic E-state index is 0.398. The van der Waals surface area contributed by atoms with Gasteiger partial charge in [0, 0.05) is 16.5 Å². The third-order valence-electron chi connectivity index (χ3n) is 1.78. The van der Waals surface area contributed by atoms with Crippen molar-refractivity contribution >= 4 is 23.5 Å². The van der Waals surface area contributed by atoms with Crippen LogP contribution in [0.15, 0.2) is 0 Å². The summed E-state index contributed by atoms with van der Waals surface area (Å²) in [5, 5.41) is 3.56. The molecular weight excluding hydrogens is 210 g/mol. The Hall–Kier alpha value is 0.660. The summed E-state index contributed by atoms with van der Waals surface area (Å²) >= 11 is 3.96. The summed E-state index contributed by atoms with van der Waals surface area (Å²) in [4.78, 5) is 0. The molecule has 0 heterocycles. The van der Waals surface area contributed by atoms with Crippen LogP contribution in [0.4, 0.5) is 0 Å². The van der Waals surface area contributed by atoms with E-state index in [0.29, 0.717) is 10.8 Å². The maximum Gasteiger partial charge on any atom is 0.0130 e. The smallest absolute Gasteiger partial charge is 0.0130 e. The summed E-state index contributed by atoms with van der Waals surface area (Å²) in [6, 6.07) is 0.640. The highest BCUT2D eigenvalue weighted by Gasteiger charge is 2.12. The van der Waals surface area contributed by atoms with Crippen molar-refractivity contribution in [2.45, 2.75) is 44.9 Å². The molecule has 0 saturated carbocycles. The van der Waals surface area contributed by atoms with Crippen molar-refractivity contribution in [2.24, 2.45) is 0 Å². The molecule has 0 aliphatic carbocycles. The van der Waals surface area contributed by atoms with E-state index in [1.807, 2.05) is 23.5 Å². The second-order valence-electron chi connectivity index (χ2n) is 4.62. The Balaban J connectivity index is 3.32. The summed E-state index contributed by atoms with van der Waals surface area (Å²) < 4.78 is 0.398. The molecule has 0 aliphatic heterocycles. The SMILES string of the molecule is CSCCCNC(C)CSC(C)(C)C. The lowest BCUT2D eigenvalue weighted by molar-refractivity contribution is 0.590. The summed E-state index contributed by atoms with van der Waals surface area (Å²) in [5.74, 6) is 2.48. The van der Waals surface area contributed by atoms with Gasteiger partial charge in [-0.25, -0.2) is 0 Å². The molecule has 0 saturated heterocycles. The lowest BCUT2D eigenvalue weighted by Gasteiger charge is -2.21. The minimum atomic E-state index is 0.398. The molecule has 0 amide bonds. The summed E-state index contributed by atoms with van der Waals surface area (Å²) in [6.45, 7) is 10.3. The molecule has 0 aliphatic rings. The lowest BCUT2D eigenvalue weighted by atomic mass is 10.3. The molecule has 86 valence electrons. The fraction of sp³-hybridized carbons (Fsp3) is 1.00. The van der Waals surface area contributed by atoms with Crippen LogP contribution in [-0.2, 0) is 0 Å². The normalized spacial score (nSPS) is 14.4. The number of thioether (sulfide) groups is 2. The molecule has 1 unspecified atom stereocenters. The van der Waals surface area contributed by atoms with Gasteiger partial charge in [0.15, 0.2) is 0 Å². The maximum absolute atomic E-state index is 3.56. The van der Waals surface area contributed by atoms with Gasteiger partial charge in [-0.05, 0) is 31.9 Å². The first-order valence-corrected chi connectivity index (χ1v) is 7.70. The van der Waals surface area contributed by atoms with E-state index in [9.17, 15) is 0 Å². The Morgan fingerprint density at radius 1 is 1.29 bits per heavy atom. The van der Waals surface area contributed by atoms with Gasteiger partial charge in [-0.3, -0.25) is 0 Å². The van der Waals surface area contributed by atoms with Crippen molar-refractivity contribution in [3.63, 3.8) is 0 Å². The van der Waals surface area contributed by atoms with Crippen LogP contribution in [0.3, 0.4) is 0 Å². The van der Waals surface area contributed by atoms with Gasteiger partial charge >= 0.3 is 0 Å². The second kappa shape index (κ2) is 7.89. The topological polar surface area (TPSA) is 12.0 Å². The van der Waals surface area contributed by atoms with E-state index >= 15 is 0 Å². The largest absolute Gasteiger partial charge is 0.313 e. The van der Waals surface area contributed by atoms with E-state index < -0.39 is 0 Å². The van der Waals surface area contributed by atoms with Crippen LogP contribution >= 0.6 is 23.5 Å². The van der Waals surface area contributed by atoms with E-state index in [-0.39, 0.29) is 0 Å². The standard InChI is InChI=1S/C11H25NS2/c1-10(9-14-11(2,3)4)12-7-6-8-13-5/h10,12H,6-9H2,1-5H3. The molecule has 0 radical (unpaired) electrons. The predicted octanol–water partition coefficient (Wildman–Crippen LogP) is 3.25. The zero-order chi connectivity index (χ0) is 11.0. The van der Waals surface area contributed by atoms with Gasteiger partial charge < -0.3 is 5.32 Å². The summed E-state index contributed by atoms with van der Waals surface area (Å²) in [5.41, 5.74) is 0. The van der Waals surface area contributed by atoms with Gasteiger partial charge in [0.05, 0.1) is 0 Å². The van der Waals surface area contributed by atoms with Gasteiger partial charge in [-0.2, -0.15) is 23.5 Å². The Morgan fingerprint density at radius 3 is 2.43 bits per heavy atom. The number of hydrogen-bond acceptors (Lipinski definition) is 3. The first-order chi connectivity index (χ1) is 6.45. The fourth-order valence-corrected chi connectivity index (χ4v) is 2.30. The van der Waals surface area contributed by atoms with E-state index in [1.165, 1.54) is 17.9 Å². The van der Waals surface area contributed by atoms with Crippen molar-refractivity contribution < 1.29 is 0 Å². The van der Waals surface area contributed by atoms with Crippen LogP contribution in [0.25, 0.3) is 0 Å². The third-order valence-corrected chi connectivity index (χ3v) is 4.01. The minimum Gasteiger partial charge on any atom is -0.313 e. The summed E-state index contributed by atoms with van der Waals surface area (Å²) in [7, 11) is 0. The van der Waals surface area contributed by atoms with Crippen molar-refractivity contribution in [1.82, 2.24) is 5.32 Å². The average Bonchev–Trinajstić information content (AvgIpc) is 2.08. The van der Waals surface area contributed by atoms with Crippen molar-refractivity contribution in [2.75, 3.05) is 24.3 Å². The van der Waals surface area contributed by atoms with Gasteiger partial charge in [0.1, 0.15) is 0 Å². The van der Waals surface area contributed by atoms with Crippen LogP contribution in [0.2, 0.25) is 0 Å². The number of rotatable bonds is 7. The van der Waals surface area contributed by atoms with Crippen molar-refractivity contribution in [3.05, 3.63) is 0 Å². The predicted molar refractivity (Wildman–Crippen MR) is 72.7 cm³/mol. The van der Waals surface area contributed by atoms with Crippen LogP contribution in [0.5, 0.6) is 0 Å². The molecule has 0 rings (SSSR count). The van der Waals surface area contributed by atoms with E-state index in [1.54, 1.807) is 0 Å². The molecule has 0 bridgehead atoms. The van der Waals surface area contributed by atoms with Gasteiger partial charge in [-0.1, -0.05) is 20.8 Å². The zero-order valence-corrected chi connectivity index (χ0v) is 11.9. The summed E-state index contributed by atoms with van der Waals surface area (Å²) in [6.07, 6.45) is 3.45. The second-order valence-corrected chi connectivity index (χ2v) is 7.46. The number of nitrogens with one attached hydrogen (secondary N) is 1. The monoisotopic (exact) mass is 235 g/mol. The van der Waals surface area contributed by atoms with Gasteiger partial charge in [0.2, 0.25) is 0 Å². The highest BCUT2D eigenvalue weighted by atomic mass is 32.2. The molecule has 1 atom stereocenters. The van der Waals surface area contributed by atoms with Crippen molar-refractivity contribution in [1.29, 1.82) is 0 Å². The lowest BCUT2D eigenvalue weighted by Crippen LogP contribution is -2.30. The molecule has 0 aromatic rings. The Bertz CT molecular complexity index is 132.